The van der Waals surface area contributed by atoms with Gasteiger partial charge in [-0.05, 0) is 60.8 Å². The molecule has 0 atom stereocenters. The van der Waals surface area contributed by atoms with E-state index in [0.29, 0.717) is 6.42 Å². The molecule has 2 rings (SSSR count). The Kier molecular flexibility index (Phi) is 3.90. The number of aryl methyl sites for hydroxylation is 3. The van der Waals surface area contributed by atoms with Crippen LogP contribution in [0.4, 0.5) is 0 Å². The van der Waals surface area contributed by atoms with Gasteiger partial charge in [-0.2, -0.15) is 5.10 Å². The number of rotatable bonds is 3. The molecule has 100 valence electrons. The van der Waals surface area contributed by atoms with Crippen LogP contribution in [0.1, 0.15) is 29.3 Å². The number of Topliss-reactive ketones (excluding diaryl/α,β-unsaturated/α-hetero) is 1. The van der Waals surface area contributed by atoms with Crippen molar-refractivity contribution >= 4 is 21.7 Å². The molecule has 0 unspecified atom stereocenters. The Balaban J connectivity index is 2.57. The molecule has 1 heterocycles. The Morgan fingerprint density at radius 3 is 2.63 bits per heavy atom. The van der Waals surface area contributed by atoms with E-state index in [-0.39, 0.29) is 5.78 Å². The summed E-state index contributed by atoms with van der Waals surface area (Å²) in [6, 6.07) is 6.27. The van der Waals surface area contributed by atoms with Crippen LogP contribution in [0, 0.1) is 20.8 Å². The zero-order valence-corrected chi connectivity index (χ0v) is 13.2. The number of hydrogen-bond acceptors (Lipinski definition) is 2. The van der Waals surface area contributed by atoms with Gasteiger partial charge in [0.1, 0.15) is 10.4 Å². The standard InChI is InChI=1S/C15H17BrN2O/c1-9-5-6-10(2)14(7-9)18-15(16)13(8-11(3)19)12(4)17-18/h5-7H,8H2,1-4H3. The van der Waals surface area contributed by atoms with Gasteiger partial charge >= 0.3 is 0 Å². The molecule has 1 aromatic heterocycles. The van der Waals surface area contributed by atoms with Gasteiger partial charge in [-0.3, -0.25) is 4.79 Å². The van der Waals surface area contributed by atoms with E-state index in [2.05, 4.69) is 53.1 Å². The summed E-state index contributed by atoms with van der Waals surface area (Å²) < 4.78 is 2.74. The molecule has 0 radical (unpaired) electrons. The number of nitrogens with zero attached hydrogens (tertiary/aromatic N) is 2. The summed E-state index contributed by atoms with van der Waals surface area (Å²) in [6.07, 6.45) is 0.414. The van der Waals surface area contributed by atoms with Crippen LogP contribution in [0.15, 0.2) is 22.8 Å². The SMILES string of the molecule is CC(=O)Cc1c(C)nn(-c2cc(C)ccc2C)c1Br. The van der Waals surface area contributed by atoms with Gasteiger partial charge in [0.25, 0.3) is 0 Å². The fourth-order valence-corrected chi connectivity index (χ4v) is 2.79. The van der Waals surface area contributed by atoms with Gasteiger partial charge in [0.15, 0.2) is 0 Å². The molecule has 2 aromatic rings. The van der Waals surface area contributed by atoms with Crippen molar-refractivity contribution in [1.29, 1.82) is 0 Å². The summed E-state index contributed by atoms with van der Waals surface area (Å²) in [4.78, 5) is 11.3. The van der Waals surface area contributed by atoms with Crippen LogP contribution in [0.25, 0.3) is 5.69 Å². The van der Waals surface area contributed by atoms with Gasteiger partial charge in [-0.1, -0.05) is 12.1 Å². The number of aromatic nitrogens is 2. The van der Waals surface area contributed by atoms with E-state index >= 15 is 0 Å². The second kappa shape index (κ2) is 5.29. The van der Waals surface area contributed by atoms with Crippen LogP contribution in [0.2, 0.25) is 0 Å². The van der Waals surface area contributed by atoms with Crippen LogP contribution in [0.3, 0.4) is 0 Å². The van der Waals surface area contributed by atoms with Crippen molar-refractivity contribution in [2.75, 3.05) is 0 Å². The van der Waals surface area contributed by atoms with E-state index in [1.165, 1.54) is 5.56 Å². The number of carbonyl (C=O) groups is 1. The molecule has 3 nitrogen and oxygen atoms in total. The molecule has 0 amide bonds. The number of carbonyl (C=O) groups excluding carboxylic acids is 1. The Hall–Kier alpha value is -1.42. The third kappa shape index (κ3) is 2.78. The Morgan fingerprint density at radius 1 is 1.32 bits per heavy atom. The van der Waals surface area contributed by atoms with Crippen LogP contribution in [-0.4, -0.2) is 15.6 Å². The largest absolute Gasteiger partial charge is 0.300 e. The van der Waals surface area contributed by atoms with E-state index < -0.39 is 0 Å². The minimum atomic E-state index is 0.143. The molecule has 0 saturated carbocycles. The molecule has 0 fully saturated rings. The first-order valence-electron chi connectivity index (χ1n) is 6.21. The minimum absolute atomic E-state index is 0.143. The average molecular weight is 321 g/mol. The first-order valence-corrected chi connectivity index (χ1v) is 7.00. The van der Waals surface area contributed by atoms with Crippen molar-refractivity contribution in [2.45, 2.75) is 34.1 Å². The maximum Gasteiger partial charge on any atom is 0.134 e. The van der Waals surface area contributed by atoms with Gasteiger partial charge in [-0.25, -0.2) is 4.68 Å². The third-order valence-corrected chi connectivity index (χ3v) is 3.95. The summed E-state index contributed by atoms with van der Waals surface area (Å²) in [5, 5.41) is 4.55. The van der Waals surface area contributed by atoms with Crippen LogP contribution in [0.5, 0.6) is 0 Å². The molecule has 0 saturated heterocycles. The van der Waals surface area contributed by atoms with E-state index in [1.807, 2.05) is 11.6 Å². The first-order chi connectivity index (χ1) is 8.90. The minimum Gasteiger partial charge on any atom is -0.300 e. The summed E-state index contributed by atoms with van der Waals surface area (Å²) in [5.41, 5.74) is 5.25. The fraction of sp³-hybridized carbons (Fsp3) is 0.333. The Bertz CT molecular complexity index is 644. The Labute approximate surface area is 121 Å². The summed E-state index contributed by atoms with van der Waals surface area (Å²) in [7, 11) is 0. The number of halogens is 1. The number of hydrogen-bond donors (Lipinski definition) is 0. The number of benzene rings is 1. The van der Waals surface area contributed by atoms with Gasteiger partial charge in [0, 0.05) is 12.0 Å². The molecular weight excluding hydrogens is 304 g/mol. The second-order valence-corrected chi connectivity index (χ2v) is 5.69. The molecule has 19 heavy (non-hydrogen) atoms. The predicted octanol–water partition coefficient (Wildman–Crippen LogP) is 3.69. The quantitative estimate of drug-likeness (QED) is 0.864. The molecule has 4 heteroatoms. The normalized spacial score (nSPS) is 10.8. The van der Waals surface area contributed by atoms with Crippen molar-refractivity contribution in [3.63, 3.8) is 0 Å². The maximum atomic E-state index is 11.3. The average Bonchev–Trinajstić information content (AvgIpc) is 2.60. The second-order valence-electron chi connectivity index (χ2n) is 4.94. The van der Waals surface area contributed by atoms with E-state index in [4.69, 9.17) is 0 Å². The zero-order valence-electron chi connectivity index (χ0n) is 11.6. The summed E-state index contributed by atoms with van der Waals surface area (Å²) in [5.74, 6) is 0.143. The van der Waals surface area contributed by atoms with Gasteiger partial charge in [0.05, 0.1) is 11.4 Å². The molecule has 0 aliphatic rings. The highest BCUT2D eigenvalue weighted by Crippen LogP contribution is 2.26. The highest BCUT2D eigenvalue weighted by molar-refractivity contribution is 9.10. The zero-order chi connectivity index (χ0) is 14.2. The molecule has 0 aliphatic carbocycles. The smallest absolute Gasteiger partial charge is 0.134 e. The van der Waals surface area contributed by atoms with Crippen molar-refractivity contribution < 1.29 is 4.79 Å². The van der Waals surface area contributed by atoms with Crippen molar-refractivity contribution in [3.05, 3.63) is 45.2 Å². The van der Waals surface area contributed by atoms with Crippen LogP contribution >= 0.6 is 15.9 Å². The van der Waals surface area contributed by atoms with E-state index in [0.717, 1.165) is 27.1 Å². The van der Waals surface area contributed by atoms with Crippen molar-refractivity contribution in [2.24, 2.45) is 0 Å². The topological polar surface area (TPSA) is 34.9 Å². The van der Waals surface area contributed by atoms with Crippen molar-refractivity contribution in [3.8, 4) is 5.69 Å². The summed E-state index contributed by atoms with van der Waals surface area (Å²) >= 11 is 3.57. The molecule has 1 aromatic carbocycles. The van der Waals surface area contributed by atoms with E-state index in [1.54, 1.807) is 6.92 Å². The molecule has 0 aliphatic heterocycles. The van der Waals surface area contributed by atoms with Crippen LogP contribution < -0.4 is 0 Å². The predicted molar refractivity (Wildman–Crippen MR) is 79.9 cm³/mol. The van der Waals surface area contributed by atoms with Gasteiger partial charge in [-0.15, -0.1) is 0 Å². The lowest BCUT2D eigenvalue weighted by Crippen LogP contribution is -2.01. The van der Waals surface area contributed by atoms with Gasteiger partial charge in [0.2, 0.25) is 0 Å². The maximum absolute atomic E-state index is 11.3. The third-order valence-electron chi connectivity index (χ3n) is 3.14. The first kappa shape index (κ1) is 14.0. The lowest BCUT2D eigenvalue weighted by molar-refractivity contribution is -0.116. The molecular formula is C15H17BrN2O. The summed E-state index contributed by atoms with van der Waals surface area (Å²) in [6.45, 7) is 7.65. The molecule has 0 spiro atoms. The Morgan fingerprint density at radius 2 is 2.00 bits per heavy atom. The highest BCUT2D eigenvalue weighted by Gasteiger charge is 2.16. The number of ketones is 1. The lowest BCUT2D eigenvalue weighted by Gasteiger charge is -2.08. The highest BCUT2D eigenvalue weighted by atomic mass is 79.9. The molecule has 0 N–H and O–H groups in total. The monoisotopic (exact) mass is 320 g/mol. The lowest BCUT2D eigenvalue weighted by atomic mass is 10.1. The fourth-order valence-electron chi connectivity index (χ4n) is 2.09. The molecule has 0 bridgehead atoms. The van der Waals surface area contributed by atoms with Crippen LogP contribution in [-0.2, 0) is 11.2 Å². The van der Waals surface area contributed by atoms with Crippen molar-refractivity contribution in [1.82, 2.24) is 9.78 Å². The van der Waals surface area contributed by atoms with E-state index in [9.17, 15) is 4.79 Å². The van der Waals surface area contributed by atoms with Gasteiger partial charge < -0.3 is 0 Å².